The molecular formula is C14H15ClN4O. The highest BCUT2D eigenvalue weighted by atomic mass is 35.5. The van der Waals surface area contributed by atoms with Crippen molar-refractivity contribution < 1.29 is 0 Å². The van der Waals surface area contributed by atoms with Crippen LogP contribution in [0.1, 0.15) is 5.56 Å². The number of nitrogens with zero attached hydrogens (tertiary/aromatic N) is 2. The molecule has 2 heterocycles. The molecule has 0 unspecified atom stereocenters. The van der Waals surface area contributed by atoms with Crippen LogP contribution in [-0.4, -0.2) is 14.5 Å². The third kappa shape index (κ3) is 2.33. The van der Waals surface area contributed by atoms with Crippen LogP contribution in [0, 0.1) is 0 Å². The Hall–Kier alpha value is -2.11. The second-order valence-electron chi connectivity index (χ2n) is 4.49. The van der Waals surface area contributed by atoms with Gasteiger partial charge in [0.25, 0.3) is 0 Å². The molecular weight excluding hydrogens is 276 g/mol. The Morgan fingerprint density at radius 2 is 2.10 bits per heavy atom. The third-order valence-corrected chi connectivity index (χ3v) is 3.25. The van der Waals surface area contributed by atoms with E-state index in [1.165, 1.54) is 0 Å². The monoisotopic (exact) mass is 290 g/mol. The summed E-state index contributed by atoms with van der Waals surface area (Å²) in [5, 5.41) is 0. The van der Waals surface area contributed by atoms with Crippen LogP contribution in [0.2, 0.25) is 0 Å². The van der Waals surface area contributed by atoms with Crippen LogP contribution in [0.5, 0.6) is 0 Å². The highest BCUT2D eigenvalue weighted by Crippen LogP contribution is 2.22. The topological polar surface area (TPSA) is 76.7 Å². The molecule has 3 N–H and O–H groups in total. The van der Waals surface area contributed by atoms with Gasteiger partial charge in [-0.25, -0.2) is 9.78 Å². The standard InChI is InChI=1S/C14H14N4O.ClH/c1-18-12-6-11(8-16-13(12)17-14(18)19)10-4-2-3-9(5-10)7-15;/h2-6,8H,7,15H2,1H3,(H,16,17,19);1H. The molecule has 0 aliphatic rings. The van der Waals surface area contributed by atoms with Crippen LogP contribution in [0.15, 0.2) is 41.3 Å². The van der Waals surface area contributed by atoms with Gasteiger partial charge in [-0.1, -0.05) is 18.2 Å². The van der Waals surface area contributed by atoms with Gasteiger partial charge in [0, 0.05) is 25.4 Å². The minimum Gasteiger partial charge on any atom is -0.326 e. The smallest absolute Gasteiger partial charge is 0.326 e. The van der Waals surface area contributed by atoms with Crippen molar-refractivity contribution in [3.8, 4) is 11.1 Å². The Morgan fingerprint density at radius 3 is 2.85 bits per heavy atom. The molecule has 1 aromatic carbocycles. The predicted octanol–water partition coefficient (Wildman–Crippen LogP) is 1.81. The zero-order valence-corrected chi connectivity index (χ0v) is 11.8. The highest BCUT2D eigenvalue weighted by molar-refractivity contribution is 5.85. The van der Waals surface area contributed by atoms with Crippen LogP contribution in [0.3, 0.4) is 0 Å². The van der Waals surface area contributed by atoms with E-state index in [9.17, 15) is 4.79 Å². The number of aromatic amines is 1. The maximum absolute atomic E-state index is 11.5. The summed E-state index contributed by atoms with van der Waals surface area (Å²) in [5.74, 6) is 0. The van der Waals surface area contributed by atoms with Crippen molar-refractivity contribution in [2.24, 2.45) is 12.8 Å². The molecule has 0 saturated carbocycles. The van der Waals surface area contributed by atoms with Crippen molar-refractivity contribution in [1.29, 1.82) is 0 Å². The van der Waals surface area contributed by atoms with Gasteiger partial charge < -0.3 is 5.73 Å². The Balaban J connectivity index is 0.00000147. The first-order chi connectivity index (χ1) is 9.19. The van der Waals surface area contributed by atoms with E-state index in [0.29, 0.717) is 12.2 Å². The number of rotatable bonds is 2. The Labute approximate surface area is 121 Å². The molecule has 20 heavy (non-hydrogen) atoms. The van der Waals surface area contributed by atoms with Crippen molar-refractivity contribution in [1.82, 2.24) is 14.5 Å². The zero-order chi connectivity index (χ0) is 13.4. The van der Waals surface area contributed by atoms with Crippen molar-refractivity contribution in [3.63, 3.8) is 0 Å². The van der Waals surface area contributed by atoms with Crippen molar-refractivity contribution in [3.05, 3.63) is 52.6 Å². The van der Waals surface area contributed by atoms with Gasteiger partial charge in [0.1, 0.15) is 0 Å². The molecule has 2 aromatic heterocycles. The first kappa shape index (κ1) is 14.3. The van der Waals surface area contributed by atoms with Gasteiger partial charge in [-0.15, -0.1) is 12.4 Å². The molecule has 0 radical (unpaired) electrons. The van der Waals surface area contributed by atoms with Crippen molar-refractivity contribution in [2.75, 3.05) is 0 Å². The number of nitrogens with one attached hydrogen (secondary N) is 1. The van der Waals surface area contributed by atoms with Crippen LogP contribution in [0.25, 0.3) is 22.3 Å². The molecule has 6 heteroatoms. The summed E-state index contributed by atoms with van der Waals surface area (Å²) in [6.07, 6.45) is 1.76. The summed E-state index contributed by atoms with van der Waals surface area (Å²) >= 11 is 0. The third-order valence-electron chi connectivity index (χ3n) is 3.25. The molecule has 0 bridgehead atoms. The molecule has 3 aromatic rings. The summed E-state index contributed by atoms with van der Waals surface area (Å²) in [6, 6.07) is 9.95. The van der Waals surface area contributed by atoms with Gasteiger partial charge >= 0.3 is 5.69 Å². The van der Waals surface area contributed by atoms with E-state index in [4.69, 9.17) is 5.73 Å². The van der Waals surface area contributed by atoms with Crippen molar-refractivity contribution in [2.45, 2.75) is 6.54 Å². The van der Waals surface area contributed by atoms with Gasteiger partial charge in [0.15, 0.2) is 5.65 Å². The number of hydrogen-bond acceptors (Lipinski definition) is 3. The van der Waals surface area contributed by atoms with E-state index in [2.05, 4.69) is 9.97 Å². The van der Waals surface area contributed by atoms with Gasteiger partial charge in [-0.3, -0.25) is 9.55 Å². The lowest BCUT2D eigenvalue weighted by Gasteiger charge is -2.04. The van der Waals surface area contributed by atoms with E-state index >= 15 is 0 Å². The van der Waals surface area contributed by atoms with E-state index in [-0.39, 0.29) is 18.1 Å². The number of hydrogen-bond donors (Lipinski definition) is 2. The zero-order valence-electron chi connectivity index (χ0n) is 11.0. The molecule has 5 nitrogen and oxygen atoms in total. The average molecular weight is 291 g/mol. The molecule has 104 valence electrons. The van der Waals surface area contributed by atoms with E-state index in [0.717, 1.165) is 22.2 Å². The Bertz CT molecular complexity index is 806. The fourth-order valence-corrected chi connectivity index (χ4v) is 2.14. The summed E-state index contributed by atoms with van der Waals surface area (Å²) < 4.78 is 1.55. The lowest BCUT2D eigenvalue weighted by Crippen LogP contribution is -2.11. The van der Waals surface area contributed by atoms with Crippen LogP contribution in [-0.2, 0) is 13.6 Å². The van der Waals surface area contributed by atoms with Crippen LogP contribution >= 0.6 is 12.4 Å². The molecule has 0 fully saturated rings. The van der Waals surface area contributed by atoms with Gasteiger partial charge in [-0.05, 0) is 23.3 Å². The second kappa shape index (κ2) is 5.48. The molecule has 0 saturated heterocycles. The largest absolute Gasteiger partial charge is 0.327 e. The maximum atomic E-state index is 11.5. The van der Waals surface area contributed by atoms with Gasteiger partial charge in [0.05, 0.1) is 5.52 Å². The average Bonchev–Trinajstić information content (AvgIpc) is 2.74. The summed E-state index contributed by atoms with van der Waals surface area (Å²) in [6.45, 7) is 0.506. The van der Waals surface area contributed by atoms with Crippen LogP contribution < -0.4 is 11.4 Å². The molecule has 0 atom stereocenters. The Morgan fingerprint density at radius 1 is 1.30 bits per heavy atom. The fourth-order valence-electron chi connectivity index (χ4n) is 2.14. The number of pyridine rings is 1. The number of fused-ring (bicyclic) bond motifs is 1. The molecule has 0 aliphatic heterocycles. The number of halogens is 1. The van der Waals surface area contributed by atoms with Gasteiger partial charge in [-0.2, -0.15) is 0 Å². The first-order valence-corrected chi connectivity index (χ1v) is 6.03. The maximum Gasteiger partial charge on any atom is 0.327 e. The molecule has 0 amide bonds. The lowest BCUT2D eigenvalue weighted by molar-refractivity contribution is 0.891. The number of aromatic nitrogens is 3. The highest BCUT2D eigenvalue weighted by Gasteiger charge is 2.06. The minimum absolute atomic E-state index is 0. The first-order valence-electron chi connectivity index (χ1n) is 6.03. The molecule has 0 spiro atoms. The molecule has 3 rings (SSSR count). The number of imidazole rings is 1. The normalized spacial score (nSPS) is 10.5. The summed E-state index contributed by atoms with van der Waals surface area (Å²) in [4.78, 5) is 18.5. The predicted molar refractivity (Wildman–Crippen MR) is 81.9 cm³/mol. The van der Waals surface area contributed by atoms with E-state index in [1.54, 1.807) is 17.8 Å². The SMILES string of the molecule is Cl.Cn1c(=O)[nH]c2ncc(-c3cccc(CN)c3)cc21. The lowest BCUT2D eigenvalue weighted by atomic mass is 10.0. The van der Waals surface area contributed by atoms with E-state index in [1.807, 2.05) is 30.3 Å². The summed E-state index contributed by atoms with van der Waals surface area (Å²) in [5.41, 5.74) is 9.97. The number of H-pyrrole nitrogens is 1. The summed E-state index contributed by atoms with van der Waals surface area (Å²) in [7, 11) is 1.73. The number of aryl methyl sites for hydroxylation is 1. The fraction of sp³-hybridized carbons (Fsp3) is 0.143. The quantitative estimate of drug-likeness (QED) is 0.756. The van der Waals surface area contributed by atoms with Crippen molar-refractivity contribution >= 4 is 23.6 Å². The number of benzene rings is 1. The minimum atomic E-state index is -0.157. The van der Waals surface area contributed by atoms with Crippen LogP contribution in [0.4, 0.5) is 0 Å². The molecule has 0 aliphatic carbocycles. The van der Waals surface area contributed by atoms with Gasteiger partial charge in [0.2, 0.25) is 0 Å². The second-order valence-corrected chi connectivity index (χ2v) is 4.49. The van der Waals surface area contributed by atoms with E-state index < -0.39 is 0 Å². The number of nitrogens with two attached hydrogens (primary N) is 1. The Kier molecular flexibility index (Phi) is 3.92.